The molecule has 0 spiro atoms. The van der Waals surface area contributed by atoms with Crippen molar-refractivity contribution in [3.05, 3.63) is 64.3 Å². The minimum atomic E-state index is -1.02. The number of carbonyl (C=O) groups excluding carboxylic acids is 2. The molecule has 1 aliphatic rings. The molecule has 1 amide bonds. The summed E-state index contributed by atoms with van der Waals surface area (Å²) in [6.07, 6.45) is 3.10. The van der Waals surface area contributed by atoms with Gasteiger partial charge in [0.25, 0.3) is 11.7 Å². The lowest BCUT2D eigenvalue weighted by Crippen LogP contribution is -2.24. The zero-order valence-corrected chi connectivity index (χ0v) is 18.0. The van der Waals surface area contributed by atoms with Crippen LogP contribution in [0.5, 0.6) is 5.75 Å². The van der Waals surface area contributed by atoms with Crippen molar-refractivity contribution in [2.45, 2.75) is 45.6 Å². The fourth-order valence-electron chi connectivity index (χ4n) is 4.69. The van der Waals surface area contributed by atoms with Gasteiger partial charge in [0.05, 0.1) is 29.5 Å². The second-order valence-electron chi connectivity index (χ2n) is 8.02. The van der Waals surface area contributed by atoms with Crippen LogP contribution in [0.4, 0.5) is 0 Å². The number of aromatic nitrogens is 1. The summed E-state index contributed by atoms with van der Waals surface area (Å²) in [5, 5.41) is 9.59. The van der Waals surface area contributed by atoms with E-state index >= 15 is 0 Å². The van der Waals surface area contributed by atoms with Crippen molar-refractivity contribution in [1.82, 2.24) is 4.57 Å². The summed E-state index contributed by atoms with van der Waals surface area (Å²) in [6.45, 7) is 2.45. The van der Waals surface area contributed by atoms with Crippen molar-refractivity contribution in [1.29, 1.82) is 0 Å². The first-order chi connectivity index (χ1) is 15.4. The van der Waals surface area contributed by atoms with Crippen LogP contribution in [-0.2, 0) is 35.4 Å². The molecule has 0 saturated heterocycles. The fourth-order valence-corrected chi connectivity index (χ4v) is 4.69. The highest BCUT2D eigenvalue weighted by Gasteiger charge is 2.31. The lowest BCUT2D eigenvalue weighted by molar-refractivity contribution is -0.137. The predicted octanol–water partition coefficient (Wildman–Crippen LogP) is 3.26. The first-order valence-corrected chi connectivity index (χ1v) is 10.8. The Morgan fingerprint density at radius 2 is 1.91 bits per heavy atom. The number of ketones is 1. The molecule has 32 heavy (non-hydrogen) atoms. The predicted molar refractivity (Wildman–Crippen MR) is 120 cm³/mol. The molecule has 2 aromatic carbocycles. The molecule has 7 nitrogen and oxygen atoms in total. The van der Waals surface area contributed by atoms with Crippen molar-refractivity contribution in [2.75, 3.05) is 6.61 Å². The number of ether oxygens (including phenoxy) is 1. The maximum Gasteiger partial charge on any atom is 0.306 e. The lowest BCUT2D eigenvalue weighted by Gasteiger charge is -2.14. The summed E-state index contributed by atoms with van der Waals surface area (Å²) in [7, 11) is 0. The molecule has 0 aliphatic heterocycles. The van der Waals surface area contributed by atoms with E-state index in [0.717, 1.165) is 47.2 Å². The second-order valence-corrected chi connectivity index (χ2v) is 8.02. The summed E-state index contributed by atoms with van der Waals surface area (Å²) >= 11 is 0. The Balaban J connectivity index is 2.01. The molecule has 4 rings (SSSR count). The molecule has 0 radical (unpaired) electrons. The third-order valence-corrected chi connectivity index (χ3v) is 6.01. The van der Waals surface area contributed by atoms with Crippen molar-refractivity contribution >= 4 is 28.6 Å². The van der Waals surface area contributed by atoms with Crippen LogP contribution < -0.4 is 10.5 Å². The van der Waals surface area contributed by atoms with Gasteiger partial charge in [0, 0.05) is 12.2 Å². The van der Waals surface area contributed by atoms with Gasteiger partial charge in [-0.25, -0.2) is 0 Å². The molecule has 1 heterocycles. The normalized spacial score (nSPS) is 12.7. The van der Waals surface area contributed by atoms with E-state index in [4.69, 9.17) is 15.6 Å². The highest BCUT2D eigenvalue weighted by Crippen LogP contribution is 2.42. The molecule has 0 saturated carbocycles. The monoisotopic (exact) mass is 434 g/mol. The van der Waals surface area contributed by atoms with Crippen molar-refractivity contribution in [3.63, 3.8) is 0 Å². The topological polar surface area (TPSA) is 112 Å². The van der Waals surface area contributed by atoms with Crippen LogP contribution in [0, 0.1) is 0 Å². The van der Waals surface area contributed by atoms with Gasteiger partial charge in [0.15, 0.2) is 0 Å². The third-order valence-electron chi connectivity index (χ3n) is 6.01. The maximum absolute atomic E-state index is 13.0. The van der Waals surface area contributed by atoms with Gasteiger partial charge in [0.2, 0.25) is 0 Å². The van der Waals surface area contributed by atoms with Crippen molar-refractivity contribution in [3.8, 4) is 5.75 Å². The van der Waals surface area contributed by atoms with Crippen LogP contribution in [0.1, 0.15) is 52.5 Å². The number of carbonyl (C=O) groups is 3. The first kappa shape index (κ1) is 21.6. The van der Waals surface area contributed by atoms with Crippen LogP contribution in [0.15, 0.2) is 36.4 Å². The quantitative estimate of drug-likeness (QED) is 0.397. The Labute approximate surface area is 185 Å². The number of rotatable bonds is 9. The number of carboxylic acids is 1. The van der Waals surface area contributed by atoms with Crippen LogP contribution in [-0.4, -0.2) is 33.9 Å². The number of hydrogen-bond donors (Lipinski definition) is 2. The number of hydrogen-bond acceptors (Lipinski definition) is 4. The molecule has 166 valence electrons. The van der Waals surface area contributed by atoms with Crippen LogP contribution in [0.3, 0.4) is 0 Å². The highest BCUT2D eigenvalue weighted by molar-refractivity contribution is 6.45. The average molecular weight is 434 g/mol. The summed E-state index contributed by atoms with van der Waals surface area (Å²) < 4.78 is 8.00. The Morgan fingerprint density at radius 3 is 2.56 bits per heavy atom. The smallest absolute Gasteiger partial charge is 0.306 e. The van der Waals surface area contributed by atoms with Crippen LogP contribution in [0.2, 0.25) is 0 Å². The molecule has 1 aromatic heterocycles. The van der Waals surface area contributed by atoms with Crippen molar-refractivity contribution < 1.29 is 24.2 Å². The van der Waals surface area contributed by atoms with E-state index in [1.165, 1.54) is 0 Å². The van der Waals surface area contributed by atoms with Crippen LogP contribution >= 0.6 is 0 Å². The fraction of sp³-hybridized carbons (Fsp3) is 0.320. The number of aryl methyl sites for hydroxylation is 2. The maximum atomic E-state index is 13.0. The molecule has 3 aromatic rings. The Kier molecular flexibility index (Phi) is 5.99. The van der Waals surface area contributed by atoms with Crippen molar-refractivity contribution in [2.24, 2.45) is 5.73 Å². The number of benzene rings is 2. The summed E-state index contributed by atoms with van der Waals surface area (Å²) in [6, 6.07) is 11.8. The number of nitrogens with two attached hydrogens (primary N) is 1. The van der Waals surface area contributed by atoms with E-state index in [1.807, 2.05) is 43.3 Å². The number of Topliss-reactive ketones (excluding diaryl/α,β-unsaturated/α-hetero) is 1. The number of aliphatic carboxylic acids is 1. The number of nitrogens with zero attached hydrogens (tertiary/aromatic N) is 1. The number of carboxylic acid groups (broad SMARTS) is 1. The van der Waals surface area contributed by atoms with Gasteiger partial charge >= 0.3 is 5.97 Å². The number of fused-ring (bicyclic) bond motifs is 3. The molecule has 0 atom stereocenters. The second kappa shape index (κ2) is 8.86. The molecule has 1 aliphatic carbocycles. The Bertz CT molecular complexity index is 1210. The van der Waals surface area contributed by atoms with E-state index in [1.54, 1.807) is 0 Å². The number of primary amides is 1. The van der Waals surface area contributed by atoms with Gasteiger partial charge in [-0.15, -0.1) is 0 Å². The summed E-state index contributed by atoms with van der Waals surface area (Å²) in [4.78, 5) is 36.0. The molecular formula is C25H26N2O5. The first-order valence-electron chi connectivity index (χ1n) is 10.8. The molecule has 0 bridgehead atoms. The summed E-state index contributed by atoms with van der Waals surface area (Å²) in [5.74, 6) is -2.30. The largest absolute Gasteiger partial charge is 0.492 e. The van der Waals surface area contributed by atoms with Gasteiger partial charge in [-0.3, -0.25) is 14.4 Å². The molecule has 7 heteroatoms. The minimum Gasteiger partial charge on any atom is -0.492 e. The van der Waals surface area contributed by atoms with E-state index < -0.39 is 17.7 Å². The highest BCUT2D eigenvalue weighted by atomic mass is 16.5. The third kappa shape index (κ3) is 3.86. The Morgan fingerprint density at radius 1 is 1.16 bits per heavy atom. The van der Waals surface area contributed by atoms with E-state index in [-0.39, 0.29) is 18.6 Å². The minimum absolute atomic E-state index is 0.0290. The standard InChI is InChI=1S/C25H26N2O5/c1-2-18-21(24(30)25(26)31)22-19(32-12-11-20(28)29)13-16-9-6-10-17(16)23(22)27(18)14-15-7-4-3-5-8-15/h3-5,7-8,13H,2,6,9-12,14H2,1H3,(H2,26,31)(H,28,29). The molecule has 3 N–H and O–H groups in total. The van der Waals surface area contributed by atoms with E-state index in [9.17, 15) is 14.4 Å². The lowest BCUT2D eigenvalue weighted by atomic mass is 9.99. The van der Waals surface area contributed by atoms with Crippen LogP contribution in [0.25, 0.3) is 10.9 Å². The van der Waals surface area contributed by atoms with E-state index in [2.05, 4.69) is 4.57 Å². The number of amides is 1. The zero-order valence-electron chi connectivity index (χ0n) is 18.0. The Hall–Kier alpha value is -3.61. The average Bonchev–Trinajstić information content (AvgIpc) is 3.35. The zero-order chi connectivity index (χ0) is 22.8. The summed E-state index contributed by atoms with van der Waals surface area (Å²) in [5.41, 5.74) is 10.7. The van der Waals surface area contributed by atoms with Gasteiger partial charge in [0.1, 0.15) is 5.75 Å². The van der Waals surface area contributed by atoms with E-state index in [0.29, 0.717) is 24.1 Å². The van der Waals surface area contributed by atoms with Gasteiger partial charge in [-0.05, 0) is 48.4 Å². The molecule has 0 unspecified atom stereocenters. The van der Waals surface area contributed by atoms with Gasteiger partial charge in [-0.2, -0.15) is 0 Å². The molecule has 0 fully saturated rings. The molecular weight excluding hydrogens is 408 g/mol. The van der Waals surface area contributed by atoms with Gasteiger partial charge < -0.3 is 20.1 Å². The van der Waals surface area contributed by atoms with Gasteiger partial charge in [-0.1, -0.05) is 37.3 Å². The SMILES string of the molecule is CCc1c(C(=O)C(N)=O)c2c(OCCC(=O)O)cc3c(c2n1Cc1ccccc1)CCC3.